The zero-order valence-electron chi connectivity index (χ0n) is 25.1. The van der Waals surface area contributed by atoms with Gasteiger partial charge in [0, 0.05) is 47.7 Å². The Kier molecular flexibility index (Phi) is 9.63. The summed E-state index contributed by atoms with van der Waals surface area (Å²) in [4.78, 5) is 56.7. The van der Waals surface area contributed by atoms with Gasteiger partial charge >= 0.3 is 0 Å². The van der Waals surface area contributed by atoms with Crippen molar-refractivity contribution in [2.45, 2.75) is 69.5 Å². The molecule has 2 N–H and O–H groups in total. The molecule has 2 heterocycles. The number of nitriles is 1. The van der Waals surface area contributed by atoms with Crippen molar-refractivity contribution in [2.75, 3.05) is 4.90 Å². The lowest BCUT2D eigenvalue weighted by atomic mass is 9.91. The molecule has 1 saturated carbocycles. The Morgan fingerprint density at radius 1 is 1.24 bits per heavy atom. The number of allylic oxidation sites excluding steroid dienone is 1. The van der Waals surface area contributed by atoms with Gasteiger partial charge in [0.15, 0.2) is 0 Å². The normalized spacial score (nSPS) is 19.5. The molecule has 13 heteroatoms. The van der Waals surface area contributed by atoms with Crippen LogP contribution in [0, 0.1) is 11.3 Å². The molecule has 0 spiro atoms. The van der Waals surface area contributed by atoms with Gasteiger partial charge in [0.2, 0.25) is 17.7 Å². The number of nitrogens with one attached hydrogen (secondary N) is 2. The van der Waals surface area contributed by atoms with Crippen LogP contribution in [0.15, 0.2) is 78.2 Å². The molecule has 2 fully saturated rings. The topological polar surface area (TPSA) is 135 Å². The maximum atomic E-state index is 14.9. The van der Waals surface area contributed by atoms with Crippen molar-refractivity contribution < 1.29 is 23.2 Å². The minimum Gasteiger partial charge on any atom is -0.351 e. The summed E-state index contributed by atoms with van der Waals surface area (Å²) in [7, 11) is 0. The summed E-state index contributed by atoms with van der Waals surface area (Å²) in [6.07, 6.45) is 3.54. The predicted molar refractivity (Wildman–Crippen MR) is 170 cm³/mol. The van der Waals surface area contributed by atoms with Crippen molar-refractivity contribution in [2.24, 2.45) is 4.99 Å². The molecular formula is C33H32ClF2N7O3. The molecule has 46 heavy (non-hydrogen) atoms. The molecule has 1 aliphatic carbocycles. The second-order valence-electron chi connectivity index (χ2n) is 11.3. The maximum Gasteiger partial charge on any atom is 0.251 e. The molecular weight excluding hydrogens is 616 g/mol. The minimum atomic E-state index is -2.80. The Balaban J connectivity index is 1.66. The van der Waals surface area contributed by atoms with Crippen LogP contribution in [0.4, 0.5) is 14.5 Å². The molecule has 0 bridgehead atoms. The number of amidine groups is 1. The zero-order chi connectivity index (χ0) is 33.0. The van der Waals surface area contributed by atoms with Crippen molar-refractivity contribution in [3.8, 4) is 6.07 Å². The Hall–Kier alpha value is -4.89. The molecule has 1 saturated heterocycles. The highest BCUT2D eigenvalue weighted by Crippen LogP contribution is 2.38. The van der Waals surface area contributed by atoms with Crippen LogP contribution in [-0.2, 0) is 14.4 Å². The van der Waals surface area contributed by atoms with Gasteiger partial charge in [0.25, 0.3) is 5.91 Å². The molecule has 3 aromatic rings. The highest BCUT2D eigenvalue weighted by atomic mass is 35.5. The third-order valence-electron chi connectivity index (χ3n) is 8.18. The number of imidazole rings is 1. The number of hydrogen-bond acceptors (Lipinski definition) is 6. The number of fused-ring (bicyclic) bond motifs is 1. The maximum absolute atomic E-state index is 14.9. The van der Waals surface area contributed by atoms with Crippen LogP contribution in [0.5, 0.6) is 0 Å². The van der Waals surface area contributed by atoms with E-state index < -0.39 is 41.8 Å². The number of carbonyl (C=O) groups is 3. The van der Waals surface area contributed by atoms with Crippen LogP contribution < -0.4 is 10.2 Å². The lowest BCUT2D eigenvalue weighted by Gasteiger charge is -2.37. The SMILES string of the molecule is C=CN=C(/C=C(\C)C#N)N1C(=O)CC[C@H]1C(=O)N(c1cccc2[nH]cnc12)C(C(=O)NC1CCC(F)(F)CC1)c1ccccc1Cl. The highest BCUT2D eigenvalue weighted by Gasteiger charge is 2.46. The number of halogens is 3. The summed E-state index contributed by atoms with van der Waals surface area (Å²) >= 11 is 6.68. The summed E-state index contributed by atoms with van der Waals surface area (Å²) < 4.78 is 27.9. The summed E-state index contributed by atoms with van der Waals surface area (Å²) in [6, 6.07) is 10.6. The number of rotatable bonds is 8. The molecule has 3 amide bonds. The highest BCUT2D eigenvalue weighted by molar-refractivity contribution is 6.32. The van der Waals surface area contributed by atoms with Gasteiger partial charge in [0.05, 0.1) is 23.6 Å². The van der Waals surface area contributed by atoms with Gasteiger partial charge in [-0.15, -0.1) is 0 Å². The first-order chi connectivity index (χ1) is 22.0. The first-order valence-corrected chi connectivity index (χ1v) is 15.2. The first kappa shape index (κ1) is 32.5. The predicted octanol–water partition coefficient (Wildman–Crippen LogP) is 5.99. The van der Waals surface area contributed by atoms with E-state index in [4.69, 9.17) is 11.6 Å². The lowest BCUT2D eigenvalue weighted by Crippen LogP contribution is -2.54. The van der Waals surface area contributed by atoms with Gasteiger partial charge in [-0.1, -0.05) is 42.4 Å². The van der Waals surface area contributed by atoms with E-state index in [-0.39, 0.29) is 60.6 Å². The number of benzene rings is 2. The molecule has 2 atom stereocenters. The molecule has 2 aromatic carbocycles. The fourth-order valence-corrected chi connectivity index (χ4v) is 6.18. The second kappa shape index (κ2) is 13.6. The standard InChI is InChI=1S/C33H32ClF2N7O3/c1-3-38-27(17-20(2)18-37)42-26(11-12-28(42)44)32(46)43(25-10-6-9-24-29(25)40-19-39-24)30(22-7-4-5-8-23(22)34)31(45)41-21-13-15-33(35,36)16-14-21/h3-10,17,19,21,26,30H,1,11-16H2,2H3,(H,39,40)(H,41,45)/b20-17+,38-27?/t26-,30?/m0/s1. The fourth-order valence-electron chi connectivity index (χ4n) is 5.94. The molecule has 5 rings (SSSR count). The van der Waals surface area contributed by atoms with E-state index in [1.54, 1.807) is 49.4 Å². The van der Waals surface area contributed by atoms with Gasteiger partial charge < -0.3 is 10.3 Å². The minimum absolute atomic E-state index is 0.00565. The smallest absolute Gasteiger partial charge is 0.251 e. The van der Waals surface area contributed by atoms with E-state index in [9.17, 15) is 28.4 Å². The first-order valence-electron chi connectivity index (χ1n) is 14.8. The van der Waals surface area contributed by atoms with Crippen molar-refractivity contribution in [1.29, 1.82) is 5.26 Å². The summed E-state index contributed by atoms with van der Waals surface area (Å²) in [6.45, 7) is 5.16. The number of hydrogen-bond donors (Lipinski definition) is 2. The van der Waals surface area contributed by atoms with Crippen LogP contribution in [0.2, 0.25) is 5.02 Å². The van der Waals surface area contributed by atoms with Gasteiger partial charge in [-0.3, -0.25) is 24.2 Å². The molecule has 1 aromatic heterocycles. The van der Waals surface area contributed by atoms with Gasteiger partial charge in [-0.25, -0.2) is 18.8 Å². The zero-order valence-corrected chi connectivity index (χ0v) is 25.8. The van der Waals surface area contributed by atoms with E-state index in [1.807, 2.05) is 6.07 Å². The quantitative estimate of drug-likeness (QED) is 0.176. The number of H-pyrrole nitrogens is 1. The number of aliphatic imine (C=N–C) groups is 1. The largest absolute Gasteiger partial charge is 0.351 e. The van der Waals surface area contributed by atoms with E-state index in [0.717, 1.165) is 0 Å². The number of amides is 3. The fraction of sp³-hybridized carbons (Fsp3) is 0.333. The van der Waals surface area contributed by atoms with Crippen LogP contribution in [0.25, 0.3) is 11.0 Å². The third kappa shape index (κ3) is 6.70. The number of anilines is 1. The summed E-state index contributed by atoms with van der Waals surface area (Å²) in [5.74, 6) is -4.41. The lowest BCUT2D eigenvalue weighted by molar-refractivity contribution is -0.132. The van der Waals surface area contributed by atoms with E-state index in [1.165, 1.54) is 28.4 Å². The average Bonchev–Trinajstić information content (AvgIpc) is 3.67. The van der Waals surface area contributed by atoms with Gasteiger partial charge in [-0.05, 0) is 50.5 Å². The van der Waals surface area contributed by atoms with E-state index in [0.29, 0.717) is 16.6 Å². The number of carbonyl (C=O) groups excluding carboxylic acids is 3. The monoisotopic (exact) mass is 647 g/mol. The number of alkyl halides is 2. The molecule has 1 aliphatic heterocycles. The third-order valence-corrected chi connectivity index (χ3v) is 8.53. The van der Waals surface area contributed by atoms with Crippen LogP contribution in [-0.4, -0.2) is 56.4 Å². The summed E-state index contributed by atoms with van der Waals surface area (Å²) in [5, 5.41) is 12.5. The van der Waals surface area contributed by atoms with Crippen LogP contribution >= 0.6 is 11.6 Å². The van der Waals surface area contributed by atoms with Crippen LogP contribution in [0.3, 0.4) is 0 Å². The molecule has 2 aliphatic rings. The molecule has 238 valence electrons. The van der Waals surface area contributed by atoms with Crippen molar-refractivity contribution in [3.63, 3.8) is 0 Å². The van der Waals surface area contributed by atoms with Crippen LogP contribution in [0.1, 0.15) is 57.1 Å². The molecule has 10 nitrogen and oxygen atoms in total. The Bertz CT molecular complexity index is 1770. The van der Waals surface area contributed by atoms with Crippen molar-refractivity contribution in [3.05, 3.63) is 83.8 Å². The number of likely N-dealkylation sites (tertiary alicyclic amines) is 1. The Morgan fingerprint density at radius 2 is 1.98 bits per heavy atom. The molecule has 0 radical (unpaired) electrons. The van der Waals surface area contributed by atoms with Crippen molar-refractivity contribution >= 4 is 51.9 Å². The molecule has 1 unspecified atom stereocenters. The average molecular weight is 648 g/mol. The number of aromatic amines is 1. The second-order valence-corrected chi connectivity index (χ2v) is 11.7. The number of para-hydroxylation sites is 1. The van der Waals surface area contributed by atoms with E-state index in [2.05, 4.69) is 26.9 Å². The van der Waals surface area contributed by atoms with Gasteiger partial charge in [-0.2, -0.15) is 5.26 Å². The van der Waals surface area contributed by atoms with Gasteiger partial charge in [0.1, 0.15) is 23.4 Å². The number of nitrogens with zero attached hydrogens (tertiary/aromatic N) is 5. The Labute approximate surface area is 269 Å². The number of aromatic nitrogens is 2. The summed E-state index contributed by atoms with van der Waals surface area (Å²) in [5.41, 5.74) is 1.78. The Morgan fingerprint density at radius 3 is 2.67 bits per heavy atom. The van der Waals surface area contributed by atoms with Crippen molar-refractivity contribution in [1.82, 2.24) is 20.2 Å². The van der Waals surface area contributed by atoms with E-state index >= 15 is 0 Å².